The summed E-state index contributed by atoms with van der Waals surface area (Å²) < 4.78 is 7.48. The molecule has 0 bridgehead atoms. The number of hydrogen-bond donors (Lipinski definition) is 0. The zero-order valence-corrected chi connectivity index (χ0v) is 16.3. The van der Waals surface area contributed by atoms with Gasteiger partial charge in [0.05, 0.1) is 20.1 Å². The second-order valence-corrected chi connectivity index (χ2v) is 7.33. The molecule has 3 rings (SSSR count). The first-order valence-electron chi connectivity index (χ1n) is 8.87. The zero-order chi connectivity index (χ0) is 19.1. The normalized spacial score (nSPS) is 10.6. The Balaban J connectivity index is 1.72. The quantitative estimate of drug-likeness (QED) is 0.517. The van der Waals surface area contributed by atoms with E-state index in [1.165, 1.54) is 0 Å². The Morgan fingerprint density at radius 1 is 1.26 bits per heavy atom. The van der Waals surface area contributed by atoms with E-state index in [0.717, 1.165) is 28.4 Å². The molecule has 0 unspecified atom stereocenters. The van der Waals surface area contributed by atoms with Crippen LogP contribution < -0.4 is 4.74 Å². The van der Waals surface area contributed by atoms with Gasteiger partial charge in [0.15, 0.2) is 0 Å². The number of carbonyl (C=O) groups excluding carboxylic acids is 1. The number of amides is 1. The Labute approximate surface area is 164 Å². The second-order valence-electron chi connectivity index (χ2n) is 6.30. The number of benzene rings is 1. The van der Waals surface area contributed by atoms with Crippen molar-refractivity contribution in [3.8, 4) is 5.75 Å². The van der Waals surface area contributed by atoms with Gasteiger partial charge in [-0.05, 0) is 41.3 Å². The molecule has 0 fully saturated rings. The molecule has 4 nitrogen and oxygen atoms in total. The molecule has 5 heteroatoms. The summed E-state index contributed by atoms with van der Waals surface area (Å²) in [5.74, 6) is 0.965. The molecular formula is C22H24N2O2S. The average Bonchev–Trinajstić information content (AvgIpc) is 3.34. The van der Waals surface area contributed by atoms with Crippen molar-refractivity contribution in [1.29, 1.82) is 0 Å². The van der Waals surface area contributed by atoms with Crippen LogP contribution >= 0.6 is 11.3 Å². The lowest BCUT2D eigenvalue weighted by Crippen LogP contribution is -2.32. The zero-order valence-electron chi connectivity index (χ0n) is 15.5. The third-order valence-corrected chi connectivity index (χ3v) is 5.25. The molecule has 0 N–H and O–H groups in total. The maximum absolute atomic E-state index is 12.7. The third kappa shape index (κ3) is 5.11. The summed E-state index contributed by atoms with van der Waals surface area (Å²) in [5.41, 5.74) is 2.26. The van der Waals surface area contributed by atoms with E-state index in [2.05, 4.69) is 23.3 Å². The first-order valence-corrected chi connectivity index (χ1v) is 9.75. The van der Waals surface area contributed by atoms with Crippen molar-refractivity contribution >= 4 is 17.2 Å². The fourth-order valence-corrected chi connectivity index (χ4v) is 3.69. The largest absolute Gasteiger partial charge is 0.497 e. The van der Waals surface area contributed by atoms with E-state index in [1.807, 2.05) is 52.9 Å². The van der Waals surface area contributed by atoms with Crippen LogP contribution in [-0.2, 0) is 24.3 Å². The van der Waals surface area contributed by atoms with Crippen molar-refractivity contribution < 1.29 is 9.53 Å². The first-order chi connectivity index (χ1) is 13.2. The number of rotatable bonds is 9. The summed E-state index contributed by atoms with van der Waals surface area (Å²) in [6.45, 7) is 5.64. The molecule has 3 aromatic rings. The van der Waals surface area contributed by atoms with Gasteiger partial charge in [0.1, 0.15) is 5.75 Å². The lowest BCUT2D eigenvalue weighted by molar-refractivity contribution is -0.130. The van der Waals surface area contributed by atoms with Crippen molar-refractivity contribution in [3.05, 3.63) is 88.9 Å². The minimum Gasteiger partial charge on any atom is -0.497 e. The molecule has 0 saturated heterocycles. The van der Waals surface area contributed by atoms with Gasteiger partial charge in [-0.15, -0.1) is 17.9 Å². The Morgan fingerprint density at radius 2 is 2.15 bits per heavy atom. The standard InChI is InChI=1S/C22H24N2O2S/c1-3-11-24(22(25)15-21-10-6-13-27-21)17-19-8-5-12-23(19)16-18-7-4-9-20(14-18)26-2/h3-10,12-14H,1,11,15-17H2,2H3. The predicted octanol–water partition coefficient (Wildman–Crippen LogP) is 4.36. The fourth-order valence-electron chi connectivity index (χ4n) is 2.99. The van der Waals surface area contributed by atoms with Crippen molar-refractivity contribution in [2.45, 2.75) is 19.5 Å². The number of ether oxygens (including phenoxy) is 1. The van der Waals surface area contributed by atoms with Crippen LogP contribution in [0.25, 0.3) is 0 Å². The maximum atomic E-state index is 12.7. The van der Waals surface area contributed by atoms with E-state index in [9.17, 15) is 4.79 Å². The smallest absolute Gasteiger partial charge is 0.228 e. The molecule has 1 amide bonds. The van der Waals surface area contributed by atoms with Gasteiger partial charge in [-0.3, -0.25) is 4.79 Å². The van der Waals surface area contributed by atoms with Gasteiger partial charge in [-0.2, -0.15) is 0 Å². The molecule has 27 heavy (non-hydrogen) atoms. The van der Waals surface area contributed by atoms with Gasteiger partial charge < -0.3 is 14.2 Å². The highest BCUT2D eigenvalue weighted by Crippen LogP contribution is 2.17. The Hall–Kier alpha value is -2.79. The van der Waals surface area contributed by atoms with Crippen LogP contribution in [0.5, 0.6) is 5.75 Å². The van der Waals surface area contributed by atoms with E-state index in [1.54, 1.807) is 24.5 Å². The van der Waals surface area contributed by atoms with E-state index < -0.39 is 0 Å². The van der Waals surface area contributed by atoms with Gasteiger partial charge >= 0.3 is 0 Å². The molecule has 1 aromatic carbocycles. The minimum atomic E-state index is 0.117. The number of aromatic nitrogens is 1. The Bertz CT molecular complexity index is 883. The SMILES string of the molecule is C=CCN(Cc1cccn1Cc1cccc(OC)c1)C(=O)Cc1cccs1. The van der Waals surface area contributed by atoms with Crippen LogP contribution in [0, 0.1) is 0 Å². The second kappa shape index (κ2) is 9.24. The van der Waals surface area contributed by atoms with Crippen molar-refractivity contribution in [2.24, 2.45) is 0 Å². The highest BCUT2D eigenvalue weighted by atomic mass is 32.1. The van der Waals surface area contributed by atoms with Gasteiger partial charge in [0.25, 0.3) is 0 Å². The van der Waals surface area contributed by atoms with E-state index in [4.69, 9.17) is 4.74 Å². The van der Waals surface area contributed by atoms with Crippen LogP contribution in [-0.4, -0.2) is 29.0 Å². The number of hydrogen-bond acceptors (Lipinski definition) is 3. The highest BCUT2D eigenvalue weighted by molar-refractivity contribution is 7.10. The first kappa shape index (κ1) is 19.0. The summed E-state index contributed by atoms with van der Waals surface area (Å²) in [7, 11) is 1.67. The summed E-state index contributed by atoms with van der Waals surface area (Å²) in [4.78, 5) is 15.7. The van der Waals surface area contributed by atoms with Gasteiger partial charge in [-0.25, -0.2) is 0 Å². The highest BCUT2D eigenvalue weighted by Gasteiger charge is 2.15. The molecule has 140 valence electrons. The van der Waals surface area contributed by atoms with Gasteiger partial charge in [0, 0.05) is 29.9 Å². The molecular weight excluding hydrogens is 356 g/mol. The fraction of sp³-hybridized carbons (Fsp3) is 0.227. The van der Waals surface area contributed by atoms with Gasteiger partial charge in [0.2, 0.25) is 5.91 Å². The lowest BCUT2D eigenvalue weighted by Gasteiger charge is -2.22. The summed E-state index contributed by atoms with van der Waals surface area (Å²) in [6, 6.07) is 16.1. The van der Waals surface area contributed by atoms with Crippen LogP contribution in [0.1, 0.15) is 16.1 Å². The van der Waals surface area contributed by atoms with Crippen molar-refractivity contribution in [2.75, 3.05) is 13.7 Å². The minimum absolute atomic E-state index is 0.117. The Kier molecular flexibility index (Phi) is 6.49. The summed E-state index contributed by atoms with van der Waals surface area (Å²) >= 11 is 1.61. The molecule has 0 aliphatic carbocycles. The number of nitrogens with zero attached hydrogens (tertiary/aromatic N) is 2. The van der Waals surface area contributed by atoms with Crippen LogP contribution in [0.2, 0.25) is 0 Å². The third-order valence-electron chi connectivity index (χ3n) is 4.37. The van der Waals surface area contributed by atoms with E-state index in [0.29, 0.717) is 19.5 Å². The number of carbonyl (C=O) groups is 1. The molecule has 0 aliphatic heterocycles. The summed E-state index contributed by atoms with van der Waals surface area (Å²) in [6.07, 6.45) is 4.26. The average molecular weight is 381 g/mol. The molecule has 0 atom stereocenters. The summed E-state index contributed by atoms with van der Waals surface area (Å²) in [5, 5.41) is 2.00. The topological polar surface area (TPSA) is 34.5 Å². The molecule has 0 aliphatic rings. The van der Waals surface area contributed by atoms with Crippen molar-refractivity contribution in [1.82, 2.24) is 9.47 Å². The number of thiophene rings is 1. The molecule has 2 heterocycles. The van der Waals surface area contributed by atoms with E-state index >= 15 is 0 Å². The number of methoxy groups -OCH3 is 1. The van der Waals surface area contributed by atoms with Crippen LogP contribution in [0.15, 0.2) is 72.8 Å². The lowest BCUT2D eigenvalue weighted by atomic mass is 10.2. The molecule has 0 spiro atoms. The monoisotopic (exact) mass is 380 g/mol. The van der Waals surface area contributed by atoms with Gasteiger partial charge in [-0.1, -0.05) is 24.3 Å². The predicted molar refractivity (Wildman–Crippen MR) is 110 cm³/mol. The Morgan fingerprint density at radius 3 is 2.89 bits per heavy atom. The maximum Gasteiger partial charge on any atom is 0.228 e. The van der Waals surface area contributed by atoms with E-state index in [-0.39, 0.29) is 5.91 Å². The van der Waals surface area contributed by atoms with Crippen LogP contribution in [0.4, 0.5) is 0 Å². The van der Waals surface area contributed by atoms with Crippen LogP contribution in [0.3, 0.4) is 0 Å². The van der Waals surface area contributed by atoms with Crippen molar-refractivity contribution in [3.63, 3.8) is 0 Å². The molecule has 0 saturated carbocycles. The molecule has 0 radical (unpaired) electrons. The molecule has 2 aromatic heterocycles.